The molecular formula is C12H10BrFN2. The maximum atomic E-state index is 13.4. The Labute approximate surface area is 102 Å². The predicted octanol–water partition coefficient (Wildman–Crippen LogP) is 3.29. The minimum atomic E-state index is -0.192. The first-order valence-corrected chi connectivity index (χ1v) is 5.83. The van der Waals surface area contributed by atoms with Crippen molar-refractivity contribution in [3.63, 3.8) is 0 Å². The van der Waals surface area contributed by atoms with Gasteiger partial charge in [-0.25, -0.2) is 14.4 Å². The summed E-state index contributed by atoms with van der Waals surface area (Å²) in [5, 5.41) is 0. The SMILES string of the molecule is Fc1ccccc1CC(Br)c1ncccn1. The van der Waals surface area contributed by atoms with Gasteiger partial charge in [-0.2, -0.15) is 0 Å². The average molecular weight is 281 g/mol. The highest BCUT2D eigenvalue weighted by molar-refractivity contribution is 9.09. The van der Waals surface area contributed by atoms with Crippen LogP contribution in [0.5, 0.6) is 0 Å². The van der Waals surface area contributed by atoms with Crippen molar-refractivity contribution in [1.29, 1.82) is 0 Å². The van der Waals surface area contributed by atoms with Crippen LogP contribution in [0.25, 0.3) is 0 Å². The van der Waals surface area contributed by atoms with Crippen molar-refractivity contribution in [1.82, 2.24) is 9.97 Å². The molecule has 0 saturated heterocycles. The zero-order valence-corrected chi connectivity index (χ0v) is 10.1. The van der Waals surface area contributed by atoms with Crippen molar-refractivity contribution in [2.75, 3.05) is 0 Å². The first-order valence-electron chi connectivity index (χ1n) is 4.92. The summed E-state index contributed by atoms with van der Waals surface area (Å²) < 4.78 is 13.4. The number of benzene rings is 1. The molecule has 0 amide bonds. The number of nitrogens with zero attached hydrogens (tertiary/aromatic N) is 2. The second-order valence-corrected chi connectivity index (χ2v) is 4.48. The van der Waals surface area contributed by atoms with Crippen molar-refractivity contribution >= 4 is 15.9 Å². The van der Waals surface area contributed by atoms with Gasteiger partial charge in [-0.1, -0.05) is 34.1 Å². The Morgan fingerprint density at radius 1 is 1.12 bits per heavy atom. The summed E-state index contributed by atoms with van der Waals surface area (Å²) in [5.74, 6) is 0.480. The van der Waals surface area contributed by atoms with Gasteiger partial charge in [0.25, 0.3) is 0 Å². The molecular weight excluding hydrogens is 271 g/mol. The second-order valence-electron chi connectivity index (χ2n) is 3.37. The Bertz CT molecular complexity index is 462. The van der Waals surface area contributed by atoms with E-state index in [1.807, 2.05) is 6.07 Å². The molecule has 1 heterocycles. The van der Waals surface area contributed by atoms with Crippen molar-refractivity contribution in [2.24, 2.45) is 0 Å². The predicted molar refractivity (Wildman–Crippen MR) is 63.8 cm³/mol. The van der Waals surface area contributed by atoms with Crippen LogP contribution < -0.4 is 0 Å². The second kappa shape index (κ2) is 5.16. The normalized spacial score (nSPS) is 12.4. The lowest BCUT2D eigenvalue weighted by atomic mass is 10.1. The van der Waals surface area contributed by atoms with Crippen molar-refractivity contribution in [3.05, 3.63) is 59.9 Å². The summed E-state index contributed by atoms with van der Waals surface area (Å²) in [6, 6.07) is 8.49. The van der Waals surface area contributed by atoms with E-state index < -0.39 is 0 Å². The summed E-state index contributed by atoms with van der Waals surface area (Å²) in [6.07, 6.45) is 3.90. The molecule has 0 fully saturated rings. The summed E-state index contributed by atoms with van der Waals surface area (Å²) >= 11 is 3.47. The molecule has 2 rings (SSSR count). The lowest BCUT2D eigenvalue weighted by Gasteiger charge is -2.08. The topological polar surface area (TPSA) is 25.8 Å². The molecule has 2 aromatic rings. The highest BCUT2D eigenvalue weighted by Gasteiger charge is 2.12. The van der Waals surface area contributed by atoms with E-state index in [-0.39, 0.29) is 10.6 Å². The maximum Gasteiger partial charge on any atom is 0.142 e. The molecule has 1 aromatic heterocycles. The molecule has 2 nitrogen and oxygen atoms in total. The van der Waals surface area contributed by atoms with Crippen LogP contribution in [0, 0.1) is 5.82 Å². The van der Waals surface area contributed by atoms with Gasteiger partial charge in [-0.05, 0) is 24.1 Å². The van der Waals surface area contributed by atoms with E-state index in [0.29, 0.717) is 17.8 Å². The molecule has 0 radical (unpaired) electrons. The molecule has 0 aliphatic heterocycles. The van der Waals surface area contributed by atoms with E-state index in [1.54, 1.807) is 30.6 Å². The first-order chi connectivity index (χ1) is 7.77. The molecule has 0 aliphatic carbocycles. The van der Waals surface area contributed by atoms with Gasteiger partial charge in [0.2, 0.25) is 0 Å². The summed E-state index contributed by atoms with van der Waals surface area (Å²) in [7, 11) is 0. The Hall–Kier alpha value is -1.29. The molecule has 0 saturated carbocycles. The molecule has 82 valence electrons. The third kappa shape index (κ3) is 2.64. The third-order valence-corrected chi connectivity index (χ3v) is 2.96. The van der Waals surface area contributed by atoms with Gasteiger partial charge in [-0.3, -0.25) is 0 Å². The number of rotatable bonds is 3. The van der Waals surface area contributed by atoms with Crippen LogP contribution in [0.15, 0.2) is 42.7 Å². The smallest absolute Gasteiger partial charge is 0.142 e. The number of hydrogen-bond donors (Lipinski definition) is 0. The fourth-order valence-corrected chi connectivity index (χ4v) is 2.01. The Kier molecular flexibility index (Phi) is 3.62. The minimum Gasteiger partial charge on any atom is -0.240 e. The van der Waals surface area contributed by atoms with E-state index in [2.05, 4.69) is 25.9 Å². The fourth-order valence-electron chi connectivity index (χ4n) is 1.42. The highest BCUT2D eigenvalue weighted by Crippen LogP contribution is 2.24. The van der Waals surface area contributed by atoms with Gasteiger partial charge in [0.15, 0.2) is 0 Å². The van der Waals surface area contributed by atoms with Gasteiger partial charge in [0.05, 0.1) is 4.83 Å². The molecule has 1 unspecified atom stereocenters. The van der Waals surface area contributed by atoms with Crippen LogP contribution in [0.4, 0.5) is 4.39 Å². The van der Waals surface area contributed by atoms with E-state index in [0.717, 1.165) is 0 Å². The summed E-state index contributed by atoms with van der Waals surface area (Å²) in [4.78, 5) is 8.18. The van der Waals surface area contributed by atoms with Gasteiger partial charge in [0, 0.05) is 12.4 Å². The summed E-state index contributed by atoms with van der Waals surface area (Å²) in [6.45, 7) is 0. The fraction of sp³-hybridized carbons (Fsp3) is 0.167. The van der Waals surface area contributed by atoms with E-state index in [4.69, 9.17) is 0 Å². The molecule has 4 heteroatoms. The molecule has 0 bridgehead atoms. The van der Waals surface area contributed by atoms with Crippen LogP contribution in [0.3, 0.4) is 0 Å². The van der Waals surface area contributed by atoms with Crippen LogP contribution >= 0.6 is 15.9 Å². The molecule has 0 N–H and O–H groups in total. The number of halogens is 2. The Morgan fingerprint density at radius 2 is 1.81 bits per heavy atom. The van der Waals surface area contributed by atoms with Gasteiger partial charge >= 0.3 is 0 Å². The number of hydrogen-bond acceptors (Lipinski definition) is 2. The molecule has 0 spiro atoms. The Balaban J connectivity index is 2.14. The third-order valence-electron chi connectivity index (χ3n) is 2.22. The lowest BCUT2D eigenvalue weighted by Crippen LogP contribution is -2.02. The van der Waals surface area contributed by atoms with Crippen LogP contribution in [0.1, 0.15) is 16.2 Å². The highest BCUT2D eigenvalue weighted by atomic mass is 79.9. The largest absolute Gasteiger partial charge is 0.240 e. The minimum absolute atomic E-state index is 0.0643. The quantitative estimate of drug-likeness (QED) is 0.807. The standard InChI is InChI=1S/C12H10BrFN2/c13-10(12-15-6-3-7-16-12)8-9-4-1-2-5-11(9)14/h1-7,10H,8H2. The van der Waals surface area contributed by atoms with Gasteiger partial charge in [-0.15, -0.1) is 0 Å². The molecule has 16 heavy (non-hydrogen) atoms. The molecule has 1 aromatic carbocycles. The molecule has 0 aliphatic rings. The van der Waals surface area contributed by atoms with Crippen molar-refractivity contribution in [2.45, 2.75) is 11.2 Å². The van der Waals surface area contributed by atoms with Gasteiger partial charge < -0.3 is 0 Å². The van der Waals surface area contributed by atoms with Crippen molar-refractivity contribution < 1.29 is 4.39 Å². The first kappa shape index (κ1) is 11.2. The van der Waals surface area contributed by atoms with Crippen LogP contribution in [-0.2, 0) is 6.42 Å². The van der Waals surface area contributed by atoms with E-state index in [9.17, 15) is 4.39 Å². The van der Waals surface area contributed by atoms with Crippen LogP contribution in [0.2, 0.25) is 0 Å². The van der Waals surface area contributed by atoms with E-state index >= 15 is 0 Å². The summed E-state index contributed by atoms with van der Waals surface area (Å²) in [5.41, 5.74) is 0.664. The van der Waals surface area contributed by atoms with Gasteiger partial charge in [0.1, 0.15) is 11.6 Å². The molecule has 1 atom stereocenters. The van der Waals surface area contributed by atoms with Crippen LogP contribution in [-0.4, -0.2) is 9.97 Å². The zero-order valence-electron chi connectivity index (χ0n) is 8.48. The zero-order chi connectivity index (χ0) is 11.4. The van der Waals surface area contributed by atoms with E-state index in [1.165, 1.54) is 6.07 Å². The Morgan fingerprint density at radius 3 is 2.50 bits per heavy atom. The maximum absolute atomic E-state index is 13.4. The van der Waals surface area contributed by atoms with Crippen molar-refractivity contribution in [3.8, 4) is 0 Å². The lowest BCUT2D eigenvalue weighted by molar-refractivity contribution is 0.606. The average Bonchev–Trinajstić information content (AvgIpc) is 2.33. The number of alkyl halides is 1. The monoisotopic (exact) mass is 280 g/mol. The number of aromatic nitrogens is 2.